The Bertz CT molecular complexity index is 562. The second-order valence-electron chi connectivity index (χ2n) is 4.11. The van der Waals surface area contributed by atoms with E-state index in [1.807, 2.05) is 36.4 Å². The molecule has 0 radical (unpaired) electrons. The first-order valence-electron chi connectivity index (χ1n) is 5.90. The van der Waals surface area contributed by atoms with E-state index in [1.54, 1.807) is 14.2 Å². The Morgan fingerprint density at radius 2 is 1.63 bits per heavy atom. The lowest BCUT2D eigenvalue weighted by Gasteiger charge is -2.12. The van der Waals surface area contributed by atoms with Crippen LogP contribution in [0.4, 0.5) is 0 Å². The molecule has 0 unspecified atom stereocenters. The molecule has 0 amide bonds. The van der Waals surface area contributed by atoms with E-state index in [1.165, 1.54) is 0 Å². The second kappa shape index (κ2) is 5.95. The van der Waals surface area contributed by atoms with Crippen LogP contribution < -0.4 is 15.2 Å². The van der Waals surface area contributed by atoms with E-state index in [-0.39, 0.29) is 0 Å². The lowest BCUT2D eigenvalue weighted by Crippen LogP contribution is -1.99. The summed E-state index contributed by atoms with van der Waals surface area (Å²) in [5, 5.41) is 0.675. The van der Waals surface area contributed by atoms with Gasteiger partial charge in [-0.05, 0) is 41.0 Å². The van der Waals surface area contributed by atoms with Crippen molar-refractivity contribution in [2.45, 2.75) is 6.54 Å². The monoisotopic (exact) mass is 277 g/mol. The topological polar surface area (TPSA) is 44.5 Å². The number of methoxy groups -OCH3 is 2. The first kappa shape index (κ1) is 13.7. The van der Waals surface area contributed by atoms with Crippen LogP contribution in [0.2, 0.25) is 5.02 Å². The highest BCUT2D eigenvalue weighted by atomic mass is 35.5. The van der Waals surface area contributed by atoms with Crippen LogP contribution in [-0.2, 0) is 6.54 Å². The number of nitrogens with two attached hydrogens (primary N) is 1. The van der Waals surface area contributed by atoms with Crippen molar-refractivity contribution in [2.24, 2.45) is 5.73 Å². The highest BCUT2D eigenvalue weighted by molar-refractivity contribution is 6.30. The lowest BCUT2D eigenvalue weighted by molar-refractivity contribution is 0.394. The van der Waals surface area contributed by atoms with Crippen LogP contribution >= 0.6 is 11.6 Å². The molecule has 2 N–H and O–H groups in total. The zero-order valence-electron chi connectivity index (χ0n) is 10.9. The van der Waals surface area contributed by atoms with Gasteiger partial charge in [-0.2, -0.15) is 0 Å². The molecular formula is C15H16ClNO2. The van der Waals surface area contributed by atoms with E-state index < -0.39 is 0 Å². The van der Waals surface area contributed by atoms with Crippen LogP contribution in [0.5, 0.6) is 11.5 Å². The Hall–Kier alpha value is -1.71. The summed E-state index contributed by atoms with van der Waals surface area (Å²) in [6.45, 7) is 0.450. The molecule has 0 atom stereocenters. The Morgan fingerprint density at radius 1 is 1.00 bits per heavy atom. The average Bonchev–Trinajstić information content (AvgIpc) is 2.46. The Labute approximate surface area is 117 Å². The summed E-state index contributed by atoms with van der Waals surface area (Å²) in [5.74, 6) is 1.47. The van der Waals surface area contributed by atoms with Gasteiger partial charge in [-0.15, -0.1) is 0 Å². The molecule has 2 aromatic rings. The summed E-state index contributed by atoms with van der Waals surface area (Å²) in [7, 11) is 3.25. The molecule has 100 valence electrons. The number of ether oxygens (including phenoxy) is 2. The van der Waals surface area contributed by atoms with Crippen molar-refractivity contribution in [1.29, 1.82) is 0 Å². The molecule has 0 aromatic heterocycles. The molecule has 3 nitrogen and oxygen atoms in total. The lowest BCUT2D eigenvalue weighted by atomic mass is 9.99. The van der Waals surface area contributed by atoms with Gasteiger partial charge in [-0.1, -0.05) is 17.7 Å². The fourth-order valence-electron chi connectivity index (χ4n) is 1.96. The van der Waals surface area contributed by atoms with Crippen molar-refractivity contribution in [3.05, 3.63) is 47.0 Å². The Balaban J connectivity index is 2.60. The minimum absolute atomic E-state index is 0.450. The third kappa shape index (κ3) is 3.00. The maximum absolute atomic E-state index is 6.07. The number of hydrogen-bond acceptors (Lipinski definition) is 3. The summed E-state index contributed by atoms with van der Waals surface area (Å²) in [5.41, 5.74) is 8.77. The molecule has 0 saturated carbocycles. The quantitative estimate of drug-likeness (QED) is 0.930. The number of hydrogen-bond donors (Lipinski definition) is 1. The number of rotatable bonds is 4. The predicted octanol–water partition coefficient (Wildman–Crippen LogP) is 3.48. The molecule has 0 aliphatic carbocycles. The number of halogens is 1. The van der Waals surface area contributed by atoms with Crippen molar-refractivity contribution in [2.75, 3.05) is 14.2 Å². The maximum Gasteiger partial charge on any atom is 0.123 e. The van der Waals surface area contributed by atoms with Gasteiger partial charge in [0.1, 0.15) is 11.5 Å². The highest BCUT2D eigenvalue weighted by Crippen LogP contribution is 2.33. The molecule has 0 bridgehead atoms. The Kier molecular flexibility index (Phi) is 4.30. The van der Waals surface area contributed by atoms with E-state index in [9.17, 15) is 0 Å². The van der Waals surface area contributed by atoms with Gasteiger partial charge < -0.3 is 15.2 Å². The highest BCUT2D eigenvalue weighted by Gasteiger charge is 2.08. The molecule has 0 saturated heterocycles. The van der Waals surface area contributed by atoms with E-state index in [0.717, 1.165) is 28.2 Å². The van der Waals surface area contributed by atoms with Crippen LogP contribution in [0.15, 0.2) is 36.4 Å². The second-order valence-corrected chi connectivity index (χ2v) is 4.54. The largest absolute Gasteiger partial charge is 0.497 e. The third-order valence-corrected chi connectivity index (χ3v) is 3.19. The van der Waals surface area contributed by atoms with Crippen molar-refractivity contribution in [3.63, 3.8) is 0 Å². The van der Waals surface area contributed by atoms with Crippen LogP contribution in [0.1, 0.15) is 5.56 Å². The fourth-order valence-corrected chi connectivity index (χ4v) is 2.13. The summed E-state index contributed by atoms with van der Waals surface area (Å²) < 4.78 is 10.6. The molecule has 0 spiro atoms. The first-order chi connectivity index (χ1) is 9.17. The predicted molar refractivity (Wildman–Crippen MR) is 77.9 cm³/mol. The molecule has 0 heterocycles. The number of benzene rings is 2. The Morgan fingerprint density at radius 3 is 2.16 bits per heavy atom. The van der Waals surface area contributed by atoms with Crippen LogP contribution in [0.25, 0.3) is 11.1 Å². The molecule has 0 aliphatic heterocycles. The molecule has 19 heavy (non-hydrogen) atoms. The first-order valence-corrected chi connectivity index (χ1v) is 6.27. The van der Waals surface area contributed by atoms with Gasteiger partial charge in [0.25, 0.3) is 0 Å². The minimum Gasteiger partial charge on any atom is -0.497 e. The van der Waals surface area contributed by atoms with E-state index in [0.29, 0.717) is 11.6 Å². The summed E-state index contributed by atoms with van der Waals surface area (Å²) >= 11 is 6.07. The third-order valence-electron chi connectivity index (χ3n) is 2.95. The van der Waals surface area contributed by atoms with E-state index >= 15 is 0 Å². The van der Waals surface area contributed by atoms with Crippen molar-refractivity contribution >= 4 is 11.6 Å². The van der Waals surface area contributed by atoms with Gasteiger partial charge in [-0.25, -0.2) is 0 Å². The molecule has 2 aromatic carbocycles. The molecule has 4 heteroatoms. The van der Waals surface area contributed by atoms with E-state index in [2.05, 4.69) is 0 Å². The molecule has 0 fully saturated rings. The SMILES string of the molecule is COc1cc(OC)cc(-c2cc(Cl)ccc2CN)c1. The molecule has 2 rings (SSSR count). The van der Waals surface area contributed by atoms with Gasteiger partial charge in [0.2, 0.25) is 0 Å². The summed E-state index contributed by atoms with van der Waals surface area (Å²) in [6, 6.07) is 11.4. The van der Waals surface area contributed by atoms with Crippen LogP contribution in [-0.4, -0.2) is 14.2 Å². The zero-order chi connectivity index (χ0) is 13.8. The van der Waals surface area contributed by atoms with Gasteiger partial charge in [0.05, 0.1) is 14.2 Å². The van der Waals surface area contributed by atoms with Crippen molar-refractivity contribution in [3.8, 4) is 22.6 Å². The van der Waals surface area contributed by atoms with Crippen LogP contribution in [0.3, 0.4) is 0 Å². The van der Waals surface area contributed by atoms with Crippen LogP contribution in [0, 0.1) is 0 Å². The van der Waals surface area contributed by atoms with Crippen molar-refractivity contribution in [1.82, 2.24) is 0 Å². The smallest absolute Gasteiger partial charge is 0.123 e. The van der Waals surface area contributed by atoms with E-state index in [4.69, 9.17) is 26.8 Å². The van der Waals surface area contributed by atoms with Gasteiger partial charge in [0, 0.05) is 17.6 Å². The van der Waals surface area contributed by atoms with Gasteiger partial charge in [-0.3, -0.25) is 0 Å². The zero-order valence-corrected chi connectivity index (χ0v) is 11.7. The van der Waals surface area contributed by atoms with Gasteiger partial charge in [0.15, 0.2) is 0 Å². The normalized spacial score (nSPS) is 10.3. The van der Waals surface area contributed by atoms with Gasteiger partial charge >= 0.3 is 0 Å². The molecular weight excluding hydrogens is 262 g/mol. The summed E-state index contributed by atoms with van der Waals surface area (Å²) in [4.78, 5) is 0. The summed E-state index contributed by atoms with van der Waals surface area (Å²) in [6.07, 6.45) is 0. The van der Waals surface area contributed by atoms with Crippen molar-refractivity contribution < 1.29 is 9.47 Å². The minimum atomic E-state index is 0.450. The maximum atomic E-state index is 6.07. The molecule has 0 aliphatic rings. The standard InChI is InChI=1S/C15H16ClNO2/c1-18-13-5-11(6-14(8-13)19-2)15-7-12(16)4-3-10(15)9-17/h3-8H,9,17H2,1-2H3. The average molecular weight is 278 g/mol. The fraction of sp³-hybridized carbons (Fsp3) is 0.200.